The number of nitrogens with one attached hydrogen (secondary N) is 2. The maximum absolute atomic E-state index is 12.4. The maximum atomic E-state index is 12.4. The normalized spacial score (nSPS) is 10.6. The van der Waals surface area contributed by atoms with Crippen LogP contribution in [0.3, 0.4) is 0 Å². The van der Waals surface area contributed by atoms with Gasteiger partial charge in [0.15, 0.2) is 5.69 Å². The number of rotatable bonds is 7. The zero-order chi connectivity index (χ0) is 19.3. The van der Waals surface area contributed by atoms with Gasteiger partial charge in [-0.25, -0.2) is 0 Å². The molecule has 138 valence electrons. The zero-order valence-electron chi connectivity index (χ0n) is 14.9. The number of amides is 2. The van der Waals surface area contributed by atoms with Gasteiger partial charge in [-0.3, -0.25) is 24.4 Å². The van der Waals surface area contributed by atoms with Gasteiger partial charge in [0.25, 0.3) is 17.5 Å². The molecule has 1 aromatic carbocycles. The van der Waals surface area contributed by atoms with E-state index in [0.717, 1.165) is 0 Å². The number of aromatic nitrogens is 2. The van der Waals surface area contributed by atoms with Gasteiger partial charge < -0.3 is 10.6 Å². The van der Waals surface area contributed by atoms with Crippen LogP contribution in [0.2, 0.25) is 0 Å². The van der Waals surface area contributed by atoms with Crippen LogP contribution in [0.15, 0.2) is 30.5 Å². The van der Waals surface area contributed by atoms with Crippen molar-refractivity contribution < 1.29 is 14.5 Å². The van der Waals surface area contributed by atoms with Crippen LogP contribution in [0.1, 0.15) is 41.6 Å². The van der Waals surface area contributed by atoms with E-state index in [9.17, 15) is 19.7 Å². The van der Waals surface area contributed by atoms with Crippen LogP contribution >= 0.6 is 0 Å². The minimum atomic E-state index is -0.538. The van der Waals surface area contributed by atoms with Gasteiger partial charge >= 0.3 is 0 Å². The first kappa shape index (κ1) is 19.1. The van der Waals surface area contributed by atoms with Gasteiger partial charge in [-0.15, -0.1) is 0 Å². The molecule has 0 aliphatic heterocycles. The van der Waals surface area contributed by atoms with Crippen LogP contribution in [0, 0.1) is 16.0 Å². The number of carbonyl (C=O) groups excluding carboxylic acids is 2. The predicted molar refractivity (Wildman–Crippen MR) is 96.1 cm³/mol. The van der Waals surface area contributed by atoms with E-state index >= 15 is 0 Å². The molecule has 2 rings (SSSR count). The first-order chi connectivity index (χ1) is 12.3. The molecule has 0 saturated carbocycles. The van der Waals surface area contributed by atoms with Gasteiger partial charge in [-0.05, 0) is 25.0 Å². The Bertz CT molecular complexity index is 811. The van der Waals surface area contributed by atoms with Gasteiger partial charge in [0.2, 0.25) is 0 Å². The summed E-state index contributed by atoms with van der Waals surface area (Å²) in [7, 11) is 0. The molecule has 9 heteroatoms. The number of hydrogen-bond acceptors (Lipinski definition) is 5. The fourth-order valence-corrected chi connectivity index (χ4v) is 2.15. The monoisotopic (exact) mass is 359 g/mol. The van der Waals surface area contributed by atoms with Gasteiger partial charge in [-0.1, -0.05) is 13.8 Å². The highest BCUT2D eigenvalue weighted by atomic mass is 16.6. The molecular weight excluding hydrogens is 338 g/mol. The minimum Gasteiger partial charge on any atom is -0.350 e. The van der Waals surface area contributed by atoms with Crippen molar-refractivity contribution in [2.45, 2.75) is 27.3 Å². The van der Waals surface area contributed by atoms with E-state index in [4.69, 9.17) is 0 Å². The van der Waals surface area contributed by atoms with Gasteiger partial charge in [0, 0.05) is 37.0 Å². The molecule has 0 bridgehead atoms. The second kappa shape index (κ2) is 8.24. The molecule has 2 N–H and O–H groups in total. The van der Waals surface area contributed by atoms with Gasteiger partial charge in [0.05, 0.1) is 10.6 Å². The fourth-order valence-electron chi connectivity index (χ4n) is 2.15. The third-order valence-electron chi connectivity index (χ3n) is 3.56. The highest BCUT2D eigenvalue weighted by molar-refractivity contribution is 6.08. The van der Waals surface area contributed by atoms with Crippen LogP contribution in [-0.2, 0) is 6.54 Å². The lowest BCUT2D eigenvalue weighted by Crippen LogP contribution is -2.28. The Hall–Kier alpha value is -3.23. The molecule has 0 radical (unpaired) electrons. The lowest BCUT2D eigenvalue weighted by Gasteiger charge is -2.08. The fraction of sp³-hybridized carbons (Fsp3) is 0.353. The number of aryl methyl sites for hydroxylation is 1. The first-order valence-electron chi connectivity index (χ1n) is 8.23. The average Bonchev–Trinajstić information content (AvgIpc) is 3.02. The number of hydrogen-bond donors (Lipinski definition) is 2. The summed E-state index contributed by atoms with van der Waals surface area (Å²) in [6, 6.07) is 5.22. The summed E-state index contributed by atoms with van der Waals surface area (Å²) in [4.78, 5) is 34.9. The minimum absolute atomic E-state index is 0.103. The summed E-state index contributed by atoms with van der Waals surface area (Å²) in [5.74, 6) is -0.566. The molecular formula is C17H21N5O4. The van der Waals surface area contributed by atoms with E-state index < -0.39 is 10.8 Å². The molecule has 2 amide bonds. The molecule has 2 aromatic rings. The smallest absolute Gasteiger partial charge is 0.273 e. The molecule has 1 aromatic heterocycles. The van der Waals surface area contributed by atoms with Crippen LogP contribution in [0.25, 0.3) is 0 Å². The molecule has 0 atom stereocenters. The third-order valence-corrected chi connectivity index (χ3v) is 3.56. The molecule has 0 aliphatic carbocycles. The summed E-state index contributed by atoms with van der Waals surface area (Å²) < 4.78 is 1.55. The number of nitro benzene ring substituents is 1. The Labute approximate surface area is 150 Å². The second-order valence-electron chi connectivity index (χ2n) is 6.11. The number of anilines is 1. The van der Waals surface area contributed by atoms with Crippen molar-refractivity contribution in [3.8, 4) is 0 Å². The third kappa shape index (κ3) is 4.65. The Morgan fingerprint density at radius 1 is 1.23 bits per heavy atom. The van der Waals surface area contributed by atoms with Crippen LogP contribution in [0.4, 0.5) is 11.4 Å². The SMILES string of the molecule is CCn1cc(NC(=O)c2ccc([N+](=O)[O-])cc2)c(C(=O)NCC(C)C)n1. The van der Waals surface area contributed by atoms with Crippen molar-refractivity contribution in [3.63, 3.8) is 0 Å². The molecule has 0 unspecified atom stereocenters. The van der Waals surface area contributed by atoms with Crippen molar-refractivity contribution in [2.24, 2.45) is 5.92 Å². The predicted octanol–water partition coefficient (Wildman–Crippen LogP) is 2.45. The van der Waals surface area contributed by atoms with Crippen molar-refractivity contribution in [1.29, 1.82) is 0 Å². The maximum Gasteiger partial charge on any atom is 0.273 e. The average molecular weight is 359 g/mol. The molecule has 0 fully saturated rings. The summed E-state index contributed by atoms with van der Waals surface area (Å²) in [6.45, 7) is 6.85. The summed E-state index contributed by atoms with van der Waals surface area (Å²) >= 11 is 0. The molecule has 1 heterocycles. The topological polar surface area (TPSA) is 119 Å². The molecule has 0 spiro atoms. The van der Waals surface area contributed by atoms with Crippen molar-refractivity contribution in [2.75, 3.05) is 11.9 Å². The summed E-state index contributed by atoms with van der Waals surface area (Å²) in [6.07, 6.45) is 1.58. The van der Waals surface area contributed by atoms with E-state index in [1.54, 1.807) is 10.9 Å². The first-order valence-corrected chi connectivity index (χ1v) is 8.23. The molecule has 0 saturated heterocycles. The lowest BCUT2D eigenvalue weighted by molar-refractivity contribution is -0.384. The Morgan fingerprint density at radius 2 is 1.88 bits per heavy atom. The number of non-ortho nitro benzene ring substituents is 1. The van der Waals surface area contributed by atoms with Crippen LogP contribution in [-0.4, -0.2) is 33.1 Å². The van der Waals surface area contributed by atoms with Crippen molar-refractivity contribution >= 4 is 23.2 Å². The molecule has 26 heavy (non-hydrogen) atoms. The lowest BCUT2D eigenvalue weighted by atomic mass is 10.2. The largest absolute Gasteiger partial charge is 0.350 e. The second-order valence-corrected chi connectivity index (χ2v) is 6.11. The van der Waals surface area contributed by atoms with E-state index in [-0.39, 0.29) is 34.5 Å². The van der Waals surface area contributed by atoms with Crippen LogP contribution in [0.5, 0.6) is 0 Å². The Balaban J connectivity index is 2.19. The summed E-state index contributed by atoms with van der Waals surface area (Å²) in [5, 5.41) is 20.3. The Kier molecular flexibility index (Phi) is 6.05. The quantitative estimate of drug-likeness (QED) is 0.581. The van der Waals surface area contributed by atoms with E-state index in [0.29, 0.717) is 13.1 Å². The Morgan fingerprint density at radius 3 is 2.42 bits per heavy atom. The van der Waals surface area contributed by atoms with E-state index in [1.807, 2.05) is 20.8 Å². The van der Waals surface area contributed by atoms with E-state index in [1.165, 1.54) is 24.3 Å². The van der Waals surface area contributed by atoms with E-state index in [2.05, 4.69) is 15.7 Å². The van der Waals surface area contributed by atoms with Crippen molar-refractivity contribution in [1.82, 2.24) is 15.1 Å². The zero-order valence-corrected chi connectivity index (χ0v) is 14.9. The van der Waals surface area contributed by atoms with Crippen LogP contribution < -0.4 is 10.6 Å². The number of carbonyl (C=O) groups is 2. The molecule has 0 aliphatic rings. The van der Waals surface area contributed by atoms with Gasteiger partial charge in [-0.2, -0.15) is 5.10 Å². The van der Waals surface area contributed by atoms with Crippen molar-refractivity contribution in [3.05, 3.63) is 51.8 Å². The number of benzene rings is 1. The number of nitrogens with zero attached hydrogens (tertiary/aromatic N) is 3. The summed E-state index contributed by atoms with van der Waals surface area (Å²) in [5.41, 5.74) is 0.557. The highest BCUT2D eigenvalue weighted by Gasteiger charge is 2.19. The highest BCUT2D eigenvalue weighted by Crippen LogP contribution is 2.17. The van der Waals surface area contributed by atoms with Gasteiger partial charge in [0.1, 0.15) is 0 Å². The molecule has 9 nitrogen and oxygen atoms in total. The standard InChI is InChI=1S/C17H21N5O4/c1-4-21-10-14(15(20-21)17(24)18-9-11(2)3)19-16(23)12-5-7-13(8-6-12)22(25)26/h5-8,10-11H,4,9H2,1-3H3,(H,18,24)(H,19,23). The number of nitro groups is 1.